The van der Waals surface area contributed by atoms with E-state index in [0.29, 0.717) is 0 Å². The molecule has 104 valence electrons. The molecule has 0 unspecified atom stereocenters. The van der Waals surface area contributed by atoms with Gasteiger partial charge in [-0.1, -0.05) is 32.8 Å². The molecule has 0 atom stereocenters. The van der Waals surface area contributed by atoms with Gasteiger partial charge in [0.05, 0.1) is 5.69 Å². The van der Waals surface area contributed by atoms with Gasteiger partial charge < -0.3 is 15.4 Å². The van der Waals surface area contributed by atoms with Crippen molar-refractivity contribution in [2.45, 2.75) is 33.2 Å². The summed E-state index contributed by atoms with van der Waals surface area (Å²) in [7, 11) is 0. The van der Waals surface area contributed by atoms with Crippen LogP contribution in [-0.2, 0) is 11.3 Å². The summed E-state index contributed by atoms with van der Waals surface area (Å²) in [6.45, 7) is 6.41. The van der Waals surface area contributed by atoms with E-state index in [4.69, 9.17) is 4.74 Å². The van der Waals surface area contributed by atoms with E-state index in [0.717, 1.165) is 36.0 Å². The van der Waals surface area contributed by atoms with Crippen LogP contribution in [0.2, 0.25) is 0 Å². The summed E-state index contributed by atoms with van der Waals surface area (Å²) >= 11 is 0. The summed E-state index contributed by atoms with van der Waals surface area (Å²) in [6, 6.07) is 5.94. The van der Waals surface area contributed by atoms with Gasteiger partial charge in [-0.3, -0.25) is 4.79 Å². The Bertz CT molecular complexity index is 442. The van der Waals surface area contributed by atoms with E-state index in [2.05, 4.69) is 24.5 Å². The first-order valence-electron chi connectivity index (χ1n) is 6.99. The van der Waals surface area contributed by atoms with Crippen molar-refractivity contribution in [3.05, 3.63) is 23.8 Å². The number of benzene rings is 1. The molecular formula is C15H22N2O2. The van der Waals surface area contributed by atoms with Crippen LogP contribution >= 0.6 is 0 Å². The SMILES string of the molecule is CCC(CC)CNCc1ccc2c(c1)NC(=O)CO2. The van der Waals surface area contributed by atoms with Crippen LogP contribution in [0.25, 0.3) is 0 Å². The standard InChI is InChI=1S/C15H22N2O2/c1-3-11(4-2)8-16-9-12-5-6-14-13(7-12)17-15(18)10-19-14/h5-7,11,16H,3-4,8-10H2,1-2H3,(H,17,18). The topological polar surface area (TPSA) is 50.4 Å². The predicted molar refractivity (Wildman–Crippen MR) is 76.3 cm³/mol. The molecule has 2 N–H and O–H groups in total. The van der Waals surface area contributed by atoms with E-state index in [-0.39, 0.29) is 12.5 Å². The molecule has 0 fully saturated rings. The Morgan fingerprint density at radius 2 is 2.16 bits per heavy atom. The summed E-state index contributed by atoms with van der Waals surface area (Å²) in [4.78, 5) is 11.3. The molecule has 1 amide bonds. The second-order valence-corrected chi connectivity index (χ2v) is 4.98. The van der Waals surface area contributed by atoms with Gasteiger partial charge in [0, 0.05) is 6.54 Å². The lowest BCUT2D eigenvalue weighted by molar-refractivity contribution is -0.118. The molecule has 1 aromatic carbocycles. The first kappa shape index (κ1) is 13.9. The third-order valence-electron chi connectivity index (χ3n) is 3.59. The van der Waals surface area contributed by atoms with Crippen LogP contribution in [0.15, 0.2) is 18.2 Å². The Hall–Kier alpha value is -1.55. The van der Waals surface area contributed by atoms with Gasteiger partial charge in [0.1, 0.15) is 5.75 Å². The first-order valence-corrected chi connectivity index (χ1v) is 6.99. The minimum absolute atomic E-state index is 0.0883. The summed E-state index contributed by atoms with van der Waals surface area (Å²) < 4.78 is 5.34. The fourth-order valence-corrected chi connectivity index (χ4v) is 2.24. The number of rotatable bonds is 6. The molecule has 1 aromatic rings. The molecule has 2 rings (SSSR count). The van der Waals surface area contributed by atoms with Crippen molar-refractivity contribution >= 4 is 11.6 Å². The Kier molecular flexibility index (Phi) is 4.80. The number of hydrogen-bond acceptors (Lipinski definition) is 3. The van der Waals surface area contributed by atoms with Crippen LogP contribution in [0.1, 0.15) is 32.3 Å². The number of ether oxygens (including phenoxy) is 1. The van der Waals surface area contributed by atoms with Gasteiger partial charge >= 0.3 is 0 Å². The largest absolute Gasteiger partial charge is 0.482 e. The Balaban J connectivity index is 1.91. The van der Waals surface area contributed by atoms with Crippen molar-refractivity contribution in [3.8, 4) is 5.75 Å². The molecule has 0 saturated heterocycles. The molecule has 0 saturated carbocycles. The monoisotopic (exact) mass is 262 g/mol. The fraction of sp³-hybridized carbons (Fsp3) is 0.533. The lowest BCUT2D eigenvalue weighted by Gasteiger charge is -2.19. The maximum atomic E-state index is 11.3. The molecular weight excluding hydrogens is 240 g/mol. The van der Waals surface area contributed by atoms with Crippen LogP contribution in [0.4, 0.5) is 5.69 Å². The van der Waals surface area contributed by atoms with Crippen LogP contribution < -0.4 is 15.4 Å². The van der Waals surface area contributed by atoms with E-state index >= 15 is 0 Å². The van der Waals surface area contributed by atoms with Crippen molar-refractivity contribution in [1.82, 2.24) is 5.32 Å². The minimum atomic E-state index is -0.0883. The molecule has 1 aliphatic heterocycles. The summed E-state index contributed by atoms with van der Waals surface area (Å²) in [5.41, 5.74) is 1.94. The van der Waals surface area contributed by atoms with E-state index < -0.39 is 0 Å². The highest BCUT2D eigenvalue weighted by Crippen LogP contribution is 2.28. The second-order valence-electron chi connectivity index (χ2n) is 4.98. The normalized spacial score (nSPS) is 13.9. The average Bonchev–Trinajstić information content (AvgIpc) is 2.43. The zero-order valence-corrected chi connectivity index (χ0v) is 11.7. The number of fused-ring (bicyclic) bond motifs is 1. The zero-order valence-electron chi connectivity index (χ0n) is 11.7. The molecule has 0 aliphatic carbocycles. The number of amides is 1. The number of anilines is 1. The molecule has 0 spiro atoms. The predicted octanol–water partition coefficient (Wildman–Crippen LogP) is 2.54. The van der Waals surface area contributed by atoms with E-state index in [1.54, 1.807) is 0 Å². The lowest BCUT2D eigenvalue weighted by Crippen LogP contribution is -2.26. The molecule has 4 nitrogen and oxygen atoms in total. The van der Waals surface area contributed by atoms with Crippen LogP contribution in [0.5, 0.6) is 5.75 Å². The van der Waals surface area contributed by atoms with Gasteiger partial charge in [-0.2, -0.15) is 0 Å². The Morgan fingerprint density at radius 1 is 1.37 bits per heavy atom. The maximum absolute atomic E-state index is 11.3. The van der Waals surface area contributed by atoms with Gasteiger partial charge in [0.2, 0.25) is 0 Å². The van der Waals surface area contributed by atoms with Crippen LogP contribution in [-0.4, -0.2) is 19.1 Å². The van der Waals surface area contributed by atoms with Crippen molar-refractivity contribution in [3.63, 3.8) is 0 Å². The average molecular weight is 262 g/mol. The first-order chi connectivity index (χ1) is 9.22. The Labute approximate surface area is 114 Å². The summed E-state index contributed by atoms with van der Waals surface area (Å²) in [6.07, 6.45) is 2.41. The third kappa shape index (κ3) is 3.70. The molecule has 1 aliphatic rings. The number of carbonyl (C=O) groups excluding carboxylic acids is 1. The highest BCUT2D eigenvalue weighted by atomic mass is 16.5. The molecule has 0 radical (unpaired) electrons. The summed E-state index contributed by atoms with van der Waals surface area (Å²) in [5.74, 6) is 1.40. The molecule has 0 bridgehead atoms. The number of carbonyl (C=O) groups is 1. The summed E-state index contributed by atoms with van der Waals surface area (Å²) in [5, 5.41) is 6.30. The van der Waals surface area contributed by atoms with Crippen molar-refractivity contribution < 1.29 is 9.53 Å². The molecule has 1 heterocycles. The van der Waals surface area contributed by atoms with E-state index in [9.17, 15) is 4.79 Å². The van der Waals surface area contributed by atoms with E-state index in [1.807, 2.05) is 18.2 Å². The van der Waals surface area contributed by atoms with Gasteiger partial charge in [0.15, 0.2) is 6.61 Å². The van der Waals surface area contributed by atoms with Gasteiger partial charge in [-0.05, 0) is 30.2 Å². The highest BCUT2D eigenvalue weighted by molar-refractivity contribution is 5.95. The van der Waals surface area contributed by atoms with Gasteiger partial charge in [0.25, 0.3) is 5.91 Å². The fourth-order valence-electron chi connectivity index (χ4n) is 2.24. The van der Waals surface area contributed by atoms with Crippen LogP contribution in [0, 0.1) is 5.92 Å². The zero-order chi connectivity index (χ0) is 13.7. The van der Waals surface area contributed by atoms with Crippen LogP contribution in [0.3, 0.4) is 0 Å². The number of hydrogen-bond donors (Lipinski definition) is 2. The second kappa shape index (κ2) is 6.57. The van der Waals surface area contributed by atoms with Gasteiger partial charge in [-0.15, -0.1) is 0 Å². The van der Waals surface area contributed by atoms with Crippen molar-refractivity contribution in [2.24, 2.45) is 5.92 Å². The van der Waals surface area contributed by atoms with Crippen molar-refractivity contribution in [1.29, 1.82) is 0 Å². The highest BCUT2D eigenvalue weighted by Gasteiger charge is 2.15. The number of nitrogens with one attached hydrogen (secondary N) is 2. The lowest BCUT2D eigenvalue weighted by atomic mass is 10.0. The quantitative estimate of drug-likeness (QED) is 0.828. The Morgan fingerprint density at radius 3 is 2.89 bits per heavy atom. The molecule has 4 heteroatoms. The van der Waals surface area contributed by atoms with Crippen molar-refractivity contribution in [2.75, 3.05) is 18.5 Å². The van der Waals surface area contributed by atoms with E-state index in [1.165, 1.54) is 12.8 Å². The third-order valence-corrected chi connectivity index (χ3v) is 3.59. The minimum Gasteiger partial charge on any atom is -0.482 e. The molecule has 19 heavy (non-hydrogen) atoms. The van der Waals surface area contributed by atoms with Gasteiger partial charge in [-0.25, -0.2) is 0 Å². The molecule has 0 aromatic heterocycles. The smallest absolute Gasteiger partial charge is 0.262 e. The maximum Gasteiger partial charge on any atom is 0.262 e.